The number of nitrogens with zero attached hydrogens (tertiary/aromatic N) is 2. The molecule has 8 nitrogen and oxygen atoms in total. The van der Waals surface area contributed by atoms with Crippen LogP contribution in [0.3, 0.4) is 0 Å². The summed E-state index contributed by atoms with van der Waals surface area (Å²) in [7, 11) is -4.22. The van der Waals surface area contributed by atoms with Crippen molar-refractivity contribution in [2.24, 2.45) is 0 Å². The van der Waals surface area contributed by atoms with Gasteiger partial charge in [0.2, 0.25) is 11.8 Å². The van der Waals surface area contributed by atoms with Gasteiger partial charge in [0, 0.05) is 18.2 Å². The largest absolute Gasteiger partial charge is 0.494 e. The van der Waals surface area contributed by atoms with E-state index >= 15 is 0 Å². The van der Waals surface area contributed by atoms with Crippen LogP contribution in [0.5, 0.6) is 5.75 Å². The van der Waals surface area contributed by atoms with Crippen molar-refractivity contribution in [1.29, 1.82) is 0 Å². The van der Waals surface area contributed by atoms with Crippen LogP contribution in [0.15, 0.2) is 77.7 Å². The Kier molecular flexibility index (Phi) is 10.9. The molecule has 3 aromatic rings. The Hall–Kier alpha value is -3.92. The fourth-order valence-corrected chi connectivity index (χ4v) is 5.51. The van der Waals surface area contributed by atoms with Crippen molar-refractivity contribution < 1.29 is 27.1 Å². The first-order chi connectivity index (χ1) is 19.5. The molecule has 0 saturated heterocycles. The van der Waals surface area contributed by atoms with Crippen molar-refractivity contribution in [1.82, 2.24) is 10.2 Å². The second kappa shape index (κ2) is 14.1. The van der Waals surface area contributed by atoms with Crippen molar-refractivity contribution in [2.75, 3.05) is 17.5 Å². The zero-order valence-electron chi connectivity index (χ0n) is 24.1. The minimum atomic E-state index is -4.22. The van der Waals surface area contributed by atoms with Gasteiger partial charge in [-0.2, -0.15) is 0 Å². The minimum absolute atomic E-state index is 0.0301. The predicted molar refractivity (Wildman–Crippen MR) is 158 cm³/mol. The lowest BCUT2D eigenvalue weighted by Gasteiger charge is -2.32. The van der Waals surface area contributed by atoms with Gasteiger partial charge >= 0.3 is 0 Å². The van der Waals surface area contributed by atoms with E-state index in [9.17, 15) is 22.4 Å². The van der Waals surface area contributed by atoms with Crippen molar-refractivity contribution in [3.05, 3.63) is 89.7 Å². The number of carbonyl (C=O) groups is 2. The van der Waals surface area contributed by atoms with Crippen LogP contribution in [0.2, 0.25) is 0 Å². The van der Waals surface area contributed by atoms with Crippen LogP contribution in [0, 0.1) is 12.7 Å². The molecule has 0 bridgehead atoms. The van der Waals surface area contributed by atoms with Crippen molar-refractivity contribution in [2.45, 2.75) is 64.6 Å². The summed E-state index contributed by atoms with van der Waals surface area (Å²) in [5, 5.41) is 2.86. The van der Waals surface area contributed by atoms with Gasteiger partial charge in [0.15, 0.2) is 0 Å². The Morgan fingerprint density at radius 3 is 2.17 bits per heavy atom. The maximum absolute atomic E-state index is 14.7. The normalized spacial score (nSPS) is 12.7. The molecule has 0 aliphatic carbocycles. The molecule has 10 heteroatoms. The lowest BCUT2D eigenvalue weighted by Crippen LogP contribution is -2.52. The summed E-state index contributed by atoms with van der Waals surface area (Å²) in [6.45, 7) is 8.61. The Labute approximate surface area is 242 Å². The van der Waals surface area contributed by atoms with Crippen LogP contribution < -0.4 is 14.4 Å². The Bertz CT molecular complexity index is 1430. The number of hydrogen-bond donors (Lipinski definition) is 1. The maximum atomic E-state index is 14.7. The SMILES string of the molecule is CCOc1ccc(S(=O)(=O)N(CC(=O)N(Cc2ccccc2F)[C@H](C)C(=O)N[C@@H](C)CC)c2ccc(C)cc2)cc1. The fraction of sp³-hybridized carbons (Fsp3) is 0.355. The van der Waals surface area contributed by atoms with E-state index in [0.717, 1.165) is 9.87 Å². The summed E-state index contributed by atoms with van der Waals surface area (Å²) in [6, 6.07) is 17.5. The Morgan fingerprint density at radius 2 is 1.59 bits per heavy atom. The van der Waals surface area contributed by atoms with Gasteiger partial charge in [0.25, 0.3) is 10.0 Å². The van der Waals surface area contributed by atoms with Gasteiger partial charge in [-0.25, -0.2) is 12.8 Å². The number of halogens is 1. The average Bonchev–Trinajstić information content (AvgIpc) is 2.96. The third-order valence-electron chi connectivity index (χ3n) is 6.79. The van der Waals surface area contributed by atoms with Crippen molar-refractivity contribution in [3.63, 3.8) is 0 Å². The fourth-order valence-electron chi connectivity index (χ4n) is 4.10. The molecular formula is C31H38FN3O5S. The number of anilines is 1. The number of rotatable bonds is 13. The van der Waals surface area contributed by atoms with Gasteiger partial charge in [-0.15, -0.1) is 0 Å². The zero-order chi connectivity index (χ0) is 30.2. The molecule has 2 atom stereocenters. The van der Waals surface area contributed by atoms with E-state index < -0.39 is 40.2 Å². The Balaban J connectivity index is 2.02. The summed E-state index contributed by atoms with van der Waals surface area (Å²) in [5.41, 5.74) is 1.40. The topological polar surface area (TPSA) is 96.0 Å². The Morgan fingerprint density at radius 1 is 0.951 bits per heavy atom. The van der Waals surface area contributed by atoms with Gasteiger partial charge < -0.3 is 15.0 Å². The van der Waals surface area contributed by atoms with Gasteiger partial charge in [-0.05, 0) is 76.6 Å². The second-order valence-corrected chi connectivity index (χ2v) is 11.7. The van der Waals surface area contributed by atoms with Crippen molar-refractivity contribution in [3.8, 4) is 5.75 Å². The number of aryl methyl sites for hydroxylation is 1. The molecule has 3 rings (SSSR count). The summed E-state index contributed by atoms with van der Waals surface area (Å²) < 4.78 is 48.9. The van der Waals surface area contributed by atoms with E-state index in [2.05, 4.69) is 5.32 Å². The van der Waals surface area contributed by atoms with Gasteiger partial charge in [0.1, 0.15) is 24.2 Å². The smallest absolute Gasteiger partial charge is 0.264 e. The molecule has 3 aromatic carbocycles. The minimum Gasteiger partial charge on any atom is -0.494 e. The van der Waals surface area contributed by atoms with E-state index in [4.69, 9.17) is 4.74 Å². The van der Waals surface area contributed by atoms with Gasteiger partial charge in [0.05, 0.1) is 17.2 Å². The average molecular weight is 584 g/mol. The lowest BCUT2D eigenvalue weighted by molar-refractivity contribution is -0.139. The van der Waals surface area contributed by atoms with E-state index in [1.807, 2.05) is 27.7 Å². The quantitative estimate of drug-likeness (QED) is 0.304. The number of carbonyl (C=O) groups excluding carboxylic acids is 2. The number of nitrogens with one attached hydrogen (secondary N) is 1. The predicted octanol–water partition coefficient (Wildman–Crippen LogP) is 5.06. The van der Waals surface area contributed by atoms with Gasteiger partial charge in [-0.3, -0.25) is 13.9 Å². The van der Waals surface area contributed by atoms with E-state index in [0.29, 0.717) is 18.8 Å². The molecule has 0 spiro atoms. The summed E-state index contributed by atoms with van der Waals surface area (Å²) in [6.07, 6.45) is 0.682. The highest BCUT2D eigenvalue weighted by atomic mass is 32.2. The third-order valence-corrected chi connectivity index (χ3v) is 8.58. The number of amides is 2. The molecule has 220 valence electrons. The highest BCUT2D eigenvalue weighted by Gasteiger charge is 2.33. The van der Waals surface area contributed by atoms with Crippen molar-refractivity contribution >= 4 is 27.5 Å². The van der Waals surface area contributed by atoms with E-state index in [1.54, 1.807) is 49.4 Å². The monoisotopic (exact) mass is 583 g/mol. The van der Waals surface area contributed by atoms with Crippen LogP contribution in [-0.4, -0.2) is 50.4 Å². The molecule has 0 unspecified atom stereocenters. The number of sulfonamides is 1. The molecule has 0 aliphatic heterocycles. The van der Waals surface area contributed by atoms with E-state index in [-0.39, 0.29) is 28.7 Å². The molecule has 1 N–H and O–H groups in total. The molecular weight excluding hydrogens is 545 g/mol. The van der Waals surface area contributed by atoms with Gasteiger partial charge in [-0.1, -0.05) is 42.8 Å². The molecule has 41 heavy (non-hydrogen) atoms. The third kappa shape index (κ3) is 8.07. The highest BCUT2D eigenvalue weighted by Crippen LogP contribution is 2.26. The van der Waals surface area contributed by atoms with Crippen LogP contribution in [0.25, 0.3) is 0 Å². The maximum Gasteiger partial charge on any atom is 0.264 e. The second-order valence-electron chi connectivity index (χ2n) is 9.86. The first kappa shape index (κ1) is 31.6. The molecule has 0 aromatic heterocycles. The summed E-state index contributed by atoms with van der Waals surface area (Å²) in [5.74, 6) is -1.09. The van der Waals surface area contributed by atoms with Crippen LogP contribution in [-0.2, 0) is 26.2 Å². The number of hydrogen-bond acceptors (Lipinski definition) is 5. The molecule has 2 amide bonds. The van der Waals surface area contributed by atoms with Crippen LogP contribution in [0.1, 0.15) is 45.2 Å². The number of ether oxygens (including phenoxy) is 1. The molecule has 0 saturated carbocycles. The zero-order valence-corrected chi connectivity index (χ0v) is 24.9. The molecule has 0 heterocycles. The standard InChI is InChI=1S/C31H38FN3O5S/c1-6-23(4)33-31(37)24(5)34(20-25-10-8-9-11-29(25)32)30(36)21-35(26-14-12-22(3)13-15-26)41(38,39)28-18-16-27(17-19-28)40-7-2/h8-19,23-24H,6-7,20-21H2,1-5H3,(H,33,37)/t23-,24+/m0/s1. The van der Waals surface area contributed by atoms with E-state index in [1.165, 1.54) is 35.2 Å². The highest BCUT2D eigenvalue weighted by molar-refractivity contribution is 7.92. The molecule has 0 fully saturated rings. The van der Waals surface area contributed by atoms with Crippen LogP contribution >= 0.6 is 0 Å². The molecule has 0 aliphatic rings. The summed E-state index contributed by atoms with van der Waals surface area (Å²) in [4.78, 5) is 28.2. The lowest BCUT2D eigenvalue weighted by atomic mass is 10.1. The number of benzene rings is 3. The molecule has 0 radical (unpaired) electrons. The summed E-state index contributed by atoms with van der Waals surface area (Å²) >= 11 is 0. The first-order valence-corrected chi connectivity index (χ1v) is 15.1. The van der Waals surface area contributed by atoms with Crippen LogP contribution in [0.4, 0.5) is 10.1 Å². The first-order valence-electron chi connectivity index (χ1n) is 13.6.